The third-order valence-electron chi connectivity index (χ3n) is 4.81. The van der Waals surface area contributed by atoms with E-state index in [0.29, 0.717) is 17.0 Å². The molecule has 2 aromatic carbocycles. The molecule has 42 heavy (non-hydrogen) atoms. The number of imidazole rings is 1. The normalized spacial score (nSPS) is 11.7. The summed E-state index contributed by atoms with van der Waals surface area (Å²) in [7, 11) is 0. The maximum absolute atomic E-state index is 12.7. The first kappa shape index (κ1) is 31.3. The molecule has 0 spiro atoms. The fraction of sp³-hybridized carbons (Fsp3) is 0.310. The van der Waals surface area contributed by atoms with Crippen molar-refractivity contribution in [1.29, 1.82) is 0 Å². The second-order valence-corrected chi connectivity index (χ2v) is 10.8. The van der Waals surface area contributed by atoms with Crippen molar-refractivity contribution in [2.24, 2.45) is 4.99 Å². The van der Waals surface area contributed by atoms with E-state index in [1.54, 1.807) is 65.8 Å². The molecule has 0 aliphatic heterocycles. The van der Waals surface area contributed by atoms with E-state index in [1.807, 2.05) is 0 Å². The van der Waals surface area contributed by atoms with Gasteiger partial charge >= 0.3 is 24.2 Å². The van der Waals surface area contributed by atoms with Gasteiger partial charge in [-0.25, -0.2) is 28.7 Å². The van der Waals surface area contributed by atoms with Crippen molar-refractivity contribution in [3.05, 3.63) is 78.4 Å². The zero-order valence-corrected chi connectivity index (χ0v) is 24.2. The van der Waals surface area contributed by atoms with Crippen LogP contribution in [0.25, 0.3) is 0 Å². The topological polar surface area (TPSA) is 159 Å². The highest BCUT2D eigenvalue weighted by atomic mass is 16.6. The fourth-order valence-corrected chi connectivity index (χ4v) is 3.10. The second-order valence-electron chi connectivity index (χ2n) is 10.8. The lowest BCUT2D eigenvalue weighted by Gasteiger charge is -2.21. The lowest BCUT2D eigenvalue weighted by atomic mass is 10.2. The van der Waals surface area contributed by atoms with Gasteiger partial charge in [0.05, 0.1) is 5.56 Å². The van der Waals surface area contributed by atoms with Crippen LogP contribution in [-0.4, -0.2) is 51.0 Å². The van der Waals surface area contributed by atoms with E-state index in [1.165, 1.54) is 47.6 Å². The predicted octanol–water partition coefficient (Wildman–Crippen LogP) is 5.51. The van der Waals surface area contributed by atoms with Crippen LogP contribution in [0.3, 0.4) is 0 Å². The monoisotopic (exact) mass is 579 g/mol. The quantitative estimate of drug-likeness (QED) is 0.130. The van der Waals surface area contributed by atoms with Crippen LogP contribution in [0.4, 0.5) is 20.1 Å². The number of hydrogen-bond acceptors (Lipinski definition) is 9. The van der Waals surface area contributed by atoms with Crippen molar-refractivity contribution in [1.82, 2.24) is 14.9 Å². The summed E-state index contributed by atoms with van der Waals surface area (Å²) in [5.41, 5.74) is -0.239. The molecule has 2 N–H and O–H groups in total. The van der Waals surface area contributed by atoms with Gasteiger partial charge in [0, 0.05) is 18.1 Å². The molecule has 13 heteroatoms. The largest absolute Gasteiger partial charge is 0.444 e. The first-order chi connectivity index (χ1) is 19.7. The Hall–Kier alpha value is -5.20. The fourth-order valence-electron chi connectivity index (χ4n) is 3.10. The minimum Gasteiger partial charge on any atom is -0.444 e. The Balaban J connectivity index is 1.61. The maximum atomic E-state index is 12.7. The van der Waals surface area contributed by atoms with Gasteiger partial charge in [-0.15, -0.1) is 4.99 Å². The number of amides is 2. The van der Waals surface area contributed by atoms with Crippen LogP contribution in [0.5, 0.6) is 5.75 Å². The van der Waals surface area contributed by atoms with Crippen molar-refractivity contribution in [3.8, 4) is 5.75 Å². The molecule has 0 saturated heterocycles. The third-order valence-corrected chi connectivity index (χ3v) is 4.81. The Kier molecular flexibility index (Phi) is 10.0. The number of nitrogens with zero attached hydrogens (tertiary/aromatic N) is 3. The molecule has 3 aromatic rings. The van der Waals surface area contributed by atoms with Crippen LogP contribution < -0.4 is 15.4 Å². The number of rotatable bonds is 5. The Bertz CT molecular complexity index is 1420. The highest BCUT2D eigenvalue weighted by Gasteiger charge is 2.21. The first-order valence-corrected chi connectivity index (χ1v) is 12.8. The molecule has 1 aromatic heterocycles. The van der Waals surface area contributed by atoms with Crippen LogP contribution >= 0.6 is 0 Å². The molecule has 0 aliphatic carbocycles. The summed E-state index contributed by atoms with van der Waals surface area (Å²) >= 11 is 0. The van der Waals surface area contributed by atoms with Crippen molar-refractivity contribution >= 4 is 35.9 Å². The van der Waals surface area contributed by atoms with E-state index in [0.717, 1.165) is 0 Å². The molecule has 0 fully saturated rings. The van der Waals surface area contributed by atoms with Gasteiger partial charge in [-0.3, -0.25) is 5.32 Å². The number of aromatic nitrogens is 2. The van der Waals surface area contributed by atoms with Crippen LogP contribution in [0.2, 0.25) is 0 Å². The molecule has 0 radical (unpaired) electrons. The number of guanidine groups is 1. The van der Waals surface area contributed by atoms with Crippen LogP contribution in [0.15, 0.2) is 72.2 Å². The van der Waals surface area contributed by atoms with E-state index >= 15 is 0 Å². The number of esters is 1. The van der Waals surface area contributed by atoms with Gasteiger partial charge in [-0.1, -0.05) is 12.1 Å². The van der Waals surface area contributed by atoms with Gasteiger partial charge in [0.15, 0.2) is 0 Å². The molecule has 222 valence electrons. The lowest BCUT2D eigenvalue weighted by Crippen LogP contribution is -2.40. The second kappa shape index (κ2) is 13.4. The SMILES string of the molecule is CC(C)(C)OC(=O)/N=C(/NC(=O)OC(C)(C)C)Nc1ccc(C(=O)Oc2ccc(COC(=O)n3ccnc3)cc2)cc1. The molecular formula is C29H33N5O8. The summed E-state index contributed by atoms with van der Waals surface area (Å²) in [6, 6.07) is 12.6. The molecule has 2 amide bonds. The highest BCUT2D eigenvalue weighted by Crippen LogP contribution is 2.17. The molecule has 0 unspecified atom stereocenters. The summed E-state index contributed by atoms with van der Waals surface area (Å²) in [6.07, 6.45) is 1.96. The van der Waals surface area contributed by atoms with E-state index < -0.39 is 35.5 Å². The summed E-state index contributed by atoms with van der Waals surface area (Å²) in [6.45, 7) is 10.2. The maximum Gasteiger partial charge on any atom is 0.437 e. The van der Waals surface area contributed by atoms with Gasteiger partial charge in [-0.2, -0.15) is 0 Å². The summed E-state index contributed by atoms with van der Waals surface area (Å²) in [5, 5.41) is 5.20. The van der Waals surface area contributed by atoms with Crippen LogP contribution in [-0.2, 0) is 20.8 Å². The van der Waals surface area contributed by atoms with E-state index in [2.05, 4.69) is 20.6 Å². The third kappa shape index (κ3) is 10.8. The van der Waals surface area contributed by atoms with Gasteiger partial charge in [-0.05, 0) is 83.5 Å². The lowest BCUT2D eigenvalue weighted by molar-refractivity contribution is 0.0561. The summed E-state index contributed by atoms with van der Waals surface area (Å²) < 4.78 is 22.3. The van der Waals surface area contributed by atoms with Crippen molar-refractivity contribution in [2.45, 2.75) is 59.4 Å². The number of ether oxygens (including phenoxy) is 4. The van der Waals surface area contributed by atoms with E-state index in [4.69, 9.17) is 18.9 Å². The Morgan fingerprint density at radius 2 is 1.52 bits per heavy atom. The number of carbonyl (C=O) groups excluding carboxylic acids is 4. The average molecular weight is 580 g/mol. The minimum absolute atomic E-state index is 0.0295. The number of carbonyl (C=O) groups is 4. The summed E-state index contributed by atoms with van der Waals surface area (Å²) in [4.78, 5) is 56.7. The Morgan fingerprint density at radius 3 is 2.10 bits per heavy atom. The molecular weight excluding hydrogens is 546 g/mol. The van der Waals surface area contributed by atoms with Crippen molar-refractivity contribution in [3.63, 3.8) is 0 Å². The van der Waals surface area contributed by atoms with Gasteiger partial charge in [0.1, 0.15) is 29.9 Å². The molecule has 13 nitrogen and oxygen atoms in total. The van der Waals surface area contributed by atoms with E-state index in [9.17, 15) is 19.2 Å². The van der Waals surface area contributed by atoms with Gasteiger partial charge in [0.25, 0.3) is 0 Å². The molecule has 0 saturated carbocycles. The van der Waals surface area contributed by atoms with Crippen molar-refractivity contribution < 1.29 is 38.1 Å². The molecule has 0 bridgehead atoms. The highest BCUT2D eigenvalue weighted by molar-refractivity contribution is 6.06. The number of aliphatic imine (C=N–C) groups is 1. The number of alkyl carbamates (subject to hydrolysis) is 1. The number of benzene rings is 2. The smallest absolute Gasteiger partial charge is 0.437 e. The molecule has 1 heterocycles. The number of anilines is 1. The first-order valence-electron chi connectivity index (χ1n) is 12.8. The average Bonchev–Trinajstić information content (AvgIpc) is 3.41. The van der Waals surface area contributed by atoms with Gasteiger partial charge in [0.2, 0.25) is 5.96 Å². The van der Waals surface area contributed by atoms with Crippen LogP contribution in [0.1, 0.15) is 57.5 Å². The standard InChI is InChI=1S/C29H33N5O8/c1-28(2,3)41-25(36)32-24(33-26(37)42-29(4,5)6)31-21-11-9-20(10-12-21)23(35)40-22-13-7-19(8-14-22)17-39-27(38)34-16-15-30-18-34/h7-16,18H,17H2,1-6H3,(H2,31,32,33,36,37). The molecule has 0 atom stereocenters. The molecule has 0 aliphatic rings. The summed E-state index contributed by atoms with van der Waals surface area (Å²) in [5.74, 6) is -0.555. The number of hydrogen-bond donors (Lipinski definition) is 2. The zero-order chi connectivity index (χ0) is 30.9. The Labute approximate surface area is 242 Å². The molecule has 3 rings (SSSR count). The Morgan fingerprint density at radius 1 is 0.881 bits per heavy atom. The zero-order valence-electron chi connectivity index (χ0n) is 24.2. The predicted molar refractivity (Wildman–Crippen MR) is 152 cm³/mol. The number of nitrogens with one attached hydrogen (secondary N) is 2. The van der Waals surface area contributed by atoms with Crippen LogP contribution in [0, 0.1) is 0 Å². The van der Waals surface area contributed by atoms with Gasteiger partial charge < -0.3 is 24.3 Å². The van der Waals surface area contributed by atoms with Crippen molar-refractivity contribution in [2.75, 3.05) is 5.32 Å². The van der Waals surface area contributed by atoms with E-state index in [-0.39, 0.29) is 18.1 Å². The minimum atomic E-state index is -0.927.